The maximum Gasteiger partial charge on any atom is 0.412 e. The highest BCUT2D eigenvalue weighted by Gasteiger charge is 2.16. The van der Waals surface area contributed by atoms with Crippen LogP contribution in [0, 0.1) is 0 Å². The molecule has 0 spiro atoms. The van der Waals surface area contributed by atoms with Gasteiger partial charge in [0, 0.05) is 17.0 Å². The molecule has 22 heavy (non-hydrogen) atoms. The van der Waals surface area contributed by atoms with Gasteiger partial charge in [0.1, 0.15) is 5.60 Å². The summed E-state index contributed by atoms with van der Waals surface area (Å²) in [5, 5.41) is 2.73. The fraction of sp³-hybridized carbons (Fsp3) is 0.294. The lowest BCUT2D eigenvalue weighted by Crippen LogP contribution is -2.27. The summed E-state index contributed by atoms with van der Waals surface area (Å²) in [5.41, 5.74) is 1.23. The zero-order chi connectivity index (χ0) is 16.2. The highest BCUT2D eigenvalue weighted by molar-refractivity contribution is 7.13. The molecular formula is C17H19NO3S. The van der Waals surface area contributed by atoms with Crippen molar-refractivity contribution < 1.29 is 14.3 Å². The molecule has 2 rings (SSSR count). The van der Waals surface area contributed by atoms with Gasteiger partial charge in [-0.25, -0.2) is 4.79 Å². The topological polar surface area (TPSA) is 55.4 Å². The van der Waals surface area contributed by atoms with Crippen molar-refractivity contribution in [1.82, 2.24) is 0 Å². The summed E-state index contributed by atoms with van der Waals surface area (Å²) in [6.45, 7) is 5.47. The summed E-state index contributed by atoms with van der Waals surface area (Å²) in [6, 6.07) is 11.4. The lowest BCUT2D eigenvalue weighted by Gasteiger charge is -2.19. The summed E-state index contributed by atoms with van der Waals surface area (Å²) >= 11 is 1.48. The maximum absolute atomic E-state index is 11.8. The van der Waals surface area contributed by atoms with Crippen molar-refractivity contribution in [3.05, 3.63) is 51.7 Å². The van der Waals surface area contributed by atoms with Crippen molar-refractivity contribution in [3.63, 3.8) is 0 Å². The number of carbonyl (C=O) groups is 2. The van der Waals surface area contributed by atoms with Gasteiger partial charge in [-0.1, -0.05) is 12.1 Å². The van der Waals surface area contributed by atoms with Gasteiger partial charge in [-0.2, -0.15) is 0 Å². The Kier molecular flexibility index (Phi) is 4.98. The average molecular weight is 317 g/mol. The SMILES string of the molecule is CC(C)(C)OC(=O)Nc1cccc(Cc2ccc(C=O)s2)c1. The highest BCUT2D eigenvalue weighted by Crippen LogP contribution is 2.21. The number of aldehydes is 1. The Balaban J connectivity index is 2.03. The van der Waals surface area contributed by atoms with E-state index >= 15 is 0 Å². The first-order valence-corrected chi connectivity index (χ1v) is 7.80. The van der Waals surface area contributed by atoms with Gasteiger partial charge in [0.15, 0.2) is 6.29 Å². The third-order valence-electron chi connectivity index (χ3n) is 2.75. The van der Waals surface area contributed by atoms with E-state index in [2.05, 4.69) is 5.32 Å². The van der Waals surface area contributed by atoms with E-state index in [0.29, 0.717) is 5.69 Å². The normalized spacial score (nSPS) is 11.0. The van der Waals surface area contributed by atoms with Gasteiger partial charge < -0.3 is 4.74 Å². The maximum atomic E-state index is 11.8. The van der Waals surface area contributed by atoms with Crippen LogP contribution in [0.3, 0.4) is 0 Å². The molecule has 1 heterocycles. The van der Waals surface area contributed by atoms with Gasteiger partial charge in [0.2, 0.25) is 0 Å². The highest BCUT2D eigenvalue weighted by atomic mass is 32.1. The number of carbonyl (C=O) groups excluding carboxylic acids is 2. The Morgan fingerprint density at radius 1 is 1.27 bits per heavy atom. The van der Waals surface area contributed by atoms with Crippen LogP contribution in [0.25, 0.3) is 0 Å². The molecule has 1 aromatic heterocycles. The summed E-state index contributed by atoms with van der Waals surface area (Å²) in [4.78, 5) is 24.3. The third kappa shape index (κ3) is 5.00. The first kappa shape index (κ1) is 16.2. The van der Waals surface area contributed by atoms with Crippen LogP contribution in [0.15, 0.2) is 36.4 Å². The van der Waals surface area contributed by atoms with E-state index in [9.17, 15) is 9.59 Å². The van der Waals surface area contributed by atoms with Crippen molar-refractivity contribution in [1.29, 1.82) is 0 Å². The molecule has 0 aliphatic heterocycles. The minimum Gasteiger partial charge on any atom is -0.444 e. The van der Waals surface area contributed by atoms with E-state index in [4.69, 9.17) is 4.74 Å². The van der Waals surface area contributed by atoms with Crippen molar-refractivity contribution in [2.75, 3.05) is 5.32 Å². The van der Waals surface area contributed by atoms with Crippen LogP contribution >= 0.6 is 11.3 Å². The molecule has 5 heteroatoms. The summed E-state index contributed by atoms with van der Waals surface area (Å²) in [6.07, 6.45) is 1.11. The van der Waals surface area contributed by atoms with Crippen LogP contribution < -0.4 is 5.32 Å². The van der Waals surface area contributed by atoms with Gasteiger partial charge in [0.25, 0.3) is 0 Å². The molecule has 1 amide bonds. The van der Waals surface area contributed by atoms with Crippen LogP contribution in [0.2, 0.25) is 0 Å². The zero-order valence-electron chi connectivity index (χ0n) is 12.9. The second kappa shape index (κ2) is 6.75. The number of anilines is 1. The summed E-state index contributed by atoms with van der Waals surface area (Å²) in [7, 11) is 0. The van der Waals surface area contributed by atoms with Crippen LogP contribution in [0.4, 0.5) is 10.5 Å². The number of thiophene rings is 1. The Morgan fingerprint density at radius 3 is 2.68 bits per heavy atom. The molecular weight excluding hydrogens is 298 g/mol. The Labute approximate surface area is 134 Å². The van der Waals surface area contributed by atoms with E-state index in [1.807, 2.05) is 57.2 Å². The minimum absolute atomic E-state index is 0.469. The smallest absolute Gasteiger partial charge is 0.412 e. The Bertz CT molecular complexity index is 671. The van der Waals surface area contributed by atoms with E-state index in [1.165, 1.54) is 11.3 Å². The summed E-state index contributed by atoms with van der Waals surface area (Å²) in [5.74, 6) is 0. The largest absolute Gasteiger partial charge is 0.444 e. The van der Waals surface area contributed by atoms with Gasteiger partial charge in [-0.3, -0.25) is 10.1 Å². The number of hydrogen-bond donors (Lipinski definition) is 1. The molecule has 0 aliphatic carbocycles. The molecule has 116 valence electrons. The number of rotatable bonds is 4. The summed E-state index contributed by atoms with van der Waals surface area (Å²) < 4.78 is 5.23. The number of benzene rings is 1. The Morgan fingerprint density at radius 2 is 2.05 bits per heavy atom. The van der Waals surface area contributed by atoms with Crippen LogP contribution in [-0.2, 0) is 11.2 Å². The first-order chi connectivity index (χ1) is 10.4. The van der Waals surface area contributed by atoms with Gasteiger partial charge in [0.05, 0.1) is 4.88 Å². The van der Waals surface area contributed by atoms with Crippen molar-refractivity contribution in [2.45, 2.75) is 32.8 Å². The molecule has 1 aromatic carbocycles. The number of nitrogens with one attached hydrogen (secondary N) is 1. The van der Waals surface area contributed by atoms with Crippen LogP contribution in [0.5, 0.6) is 0 Å². The van der Waals surface area contributed by atoms with Gasteiger partial charge >= 0.3 is 6.09 Å². The fourth-order valence-corrected chi connectivity index (χ4v) is 2.80. The van der Waals surface area contributed by atoms with Crippen molar-refractivity contribution in [3.8, 4) is 0 Å². The minimum atomic E-state index is -0.524. The molecule has 1 N–H and O–H groups in total. The molecule has 0 aliphatic rings. The number of hydrogen-bond acceptors (Lipinski definition) is 4. The molecule has 0 bridgehead atoms. The van der Waals surface area contributed by atoms with Gasteiger partial charge in [-0.05, 0) is 50.6 Å². The lowest BCUT2D eigenvalue weighted by molar-refractivity contribution is 0.0636. The number of ether oxygens (including phenoxy) is 1. The van der Waals surface area contributed by atoms with Crippen LogP contribution in [0.1, 0.15) is 40.9 Å². The second-order valence-electron chi connectivity index (χ2n) is 5.93. The molecule has 0 unspecified atom stereocenters. The molecule has 0 saturated carbocycles. The van der Waals surface area contributed by atoms with E-state index in [0.717, 1.165) is 28.0 Å². The number of amides is 1. The fourth-order valence-electron chi connectivity index (χ4n) is 1.93. The zero-order valence-corrected chi connectivity index (χ0v) is 13.7. The predicted molar refractivity (Wildman–Crippen MR) is 88.8 cm³/mol. The van der Waals surface area contributed by atoms with E-state index in [-0.39, 0.29) is 0 Å². The molecule has 0 fully saturated rings. The molecule has 4 nitrogen and oxygen atoms in total. The molecule has 0 saturated heterocycles. The van der Waals surface area contributed by atoms with Crippen molar-refractivity contribution in [2.24, 2.45) is 0 Å². The average Bonchev–Trinajstić information content (AvgIpc) is 2.84. The van der Waals surface area contributed by atoms with E-state index in [1.54, 1.807) is 0 Å². The molecule has 0 radical (unpaired) electrons. The quantitative estimate of drug-likeness (QED) is 0.845. The first-order valence-electron chi connectivity index (χ1n) is 6.98. The molecule has 2 aromatic rings. The third-order valence-corrected chi connectivity index (χ3v) is 3.76. The van der Waals surface area contributed by atoms with Gasteiger partial charge in [-0.15, -0.1) is 11.3 Å². The van der Waals surface area contributed by atoms with Crippen molar-refractivity contribution >= 4 is 29.4 Å². The standard InChI is InChI=1S/C17H19NO3S/c1-17(2,3)21-16(20)18-13-6-4-5-12(9-13)10-14-7-8-15(11-19)22-14/h4-9,11H,10H2,1-3H3,(H,18,20). The monoisotopic (exact) mass is 317 g/mol. The Hall–Kier alpha value is -2.14. The van der Waals surface area contributed by atoms with E-state index < -0.39 is 11.7 Å². The van der Waals surface area contributed by atoms with Crippen LogP contribution in [-0.4, -0.2) is 18.0 Å². The lowest BCUT2D eigenvalue weighted by atomic mass is 10.1. The predicted octanol–water partition coefficient (Wildman–Crippen LogP) is 4.50. The molecule has 0 atom stereocenters. The second-order valence-corrected chi connectivity index (χ2v) is 7.13.